The highest BCUT2D eigenvalue weighted by atomic mass is 16.3. The normalized spacial score (nSPS) is 20.2. The van der Waals surface area contributed by atoms with E-state index in [0.29, 0.717) is 5.92 Å². The van der Waals surface area contributed by atoms with Crippen molar-refractivity contribution in [2.75, 3.05) is 18.0 Å². The van der Waals surface area contributed by atoms with E-state index in [9.17, 15) is 5.11 Å². The lowest BCUT2D eigenvalue weighted by Crippen LogP contribution is -2.37. The smallest absolute Gasteiger partial charge is 0.0608 e. The third-order valence-electron chi connectivity index (χ3n) is 3.43. The van der Waals surface area contributed by atoms with Gasteiger partial charge in [0.05, 0.1) is 5.60 Å². The van der Waals surface area contributed by atoms with Gasteiger partial charge in [0.2, 0.25) is 0 Å². The van der Waals surface area contributed by atoms with Gasteiger partial charge < -0.3 is 10.0 Å². The van der Waals surface area contributed by atoms with Crippen molar-refractivity contribution in [3.8, 4) is 0 Å². The molecule has 2 rings (SSSR count). The van der Waals surface area contributed by atoms with Crippen LogP contribution in [0.2, 0.25) is 0 Å². The van der Waals surface area contributed by atoms with Crippen molar-refractivity contribution in [2.24, 2.45) is 5.92 Å². The van der Waals surface area contributed by atoms with E-state index >= 15 is 0 Å². The molecule has 0 aliphatic carbocycles. The van der Waals surface area contributed by atoms with Gasteiger partial charge in [-0.15, -0.1) is 0 Å². The minimum Gasteiger partial charge on any atom is -0.390 e. The van der Waals surface area contributed by atoms with Crippen LogP contribution in [0, 0.1) is 5.92 Å². The standard InChI is InChI=1S/C15H23NO/c1-12-10-13-6-4-5-7-14(13)16(11-12)9-8-15(2,3)17/h4-7,12,17H,8-11H2,1-3H3. The summed E-state index contributed by atoms with van der Waals surface area (Å²) >= 11 is 0. The van der Waals surface area contributed by atoms with Crippen molar-refractivity contribution < 1.29 is 5.11 Å². The summed E-state index contributed by atoms with van der Waals surface area (Å²) in [5, 5.41) is 9.84. The van der Waals surface area contributed by atoms with Crippen LogP contribution >= 0.6 is 0 Å². The van der Waals surface area contributed by atoms with Gasteiger partial charge in [0.15, 0.2) is 0 Å². The van der Waals surface area contributed by atoms with E-state index in [1.165, 1.54) is 17.7 Å². The lowest BCUT2D eigenvalue weighted by Gasteiger charge is -2.36. The molecule has 1 aliphatic rings. The molecule has 0 saturated carbocycles. The monoisotopic (exact) mass is 233 g/mol. The van der Waals surface area contributed by atoms with Gasteiger partial charge in [-0.05, 0) is 44.2 Å². The molecule has 1 heterocycles. The van der Waals surface area contributed by atoms with E-state index < -0.39 is 5.60 Å². The number of anilines is 1. The Balaban J connectivity index is 2.13. The average Bonchev–Trinajstić information content (AvgIpc) is 2.24. The SMILES string of the molecule is CC1Cc2ccccc2N(CCC(C)(C)O)C1. The fourth-order valence-electron chi connectivity index (χ4n) is 2.53. The summed E-state index contributed by atoms with van der Waals surface area (Å²) in [4.78, 5) is 2.42. The molecule has 2 heteroatoms. The second kappa shape index (κ2) is 4.69. The molecule has 0 bridgehead atoms. The van der Waals surface area contributed by atoms with Gasteiger partial charge in [0, 0.05) is 18.8 Å². The minimum atomic E-state index is -0.574. The van der Waals surface area contributed by atoms with Gasteiger partial charge in [0.1, 0.15) is 0 Å². The van der Waals surface area contributed by atoms with Crippen molar-refractivity contribution in [1.82, 2.24) is 0 Å². The first-order valence-corrected chi connectivity index (χ1v) is 6.51. The topological polar surface area (TPSA) is 23.5 Å². The van der Waals surface area contributed by atoms with Crippen LogP contribution in [0.3, 0.4) is 0 Å². The largest absolute Gasteiger partial charge is 0.390 e. The van der Waals surface area contributed by atoms with E-state index in [1.54, 1.807) is 0 Å². The highest BCUT2D eigenvalue weighted by Gasteiger charge is 2.23. The zero-order valence-corrected chi connectivity index (χ0v) is 11.1. The number of hydrogen-bond donors (Lipinski definition) is 1. The van der Waals surface area contributed by atoms with Crippen LogP contribution in [0.15, 0.2) is 24.3 Å². The van der Waals surface area contributed by atoms with Gasteiger partial charge in [-0.2, -0.15) is 0 Å². The van der Waals surface area contributed by atoms with Crippen LogP contribution in [0.1, 0.15) is 32.8 Å². The molecule has 0 spiro atoms. The second-order valence-corrected chi connectivity index (χ2v) is 5.95. The number of para-hydroxylation sites is 1. The van der Waals surface area contributed by atoms with Gasteiger partial charge in [-0.3, -0.25) is 0 Å². The Morgan fingerprint density at radius 1 is 1.35 bits per heavy atom. The van der Waals surface area contributed by atoms with Crippen LogP contribution in [0.4, 0.5) is 5.69 Å². The zero-order chi connectivity index (χ0) is 12.5. The number of hydrogen-bond acceptors (Lipinski definition) is 2. The lowest BCUT2D eigenvalue weighted by atomic mass is 9.93. The summed E-state index contributed by atoms with van der Waals surface area (Å²) in [7, 11) is 0. The van der Waals surface area contributed by atoms with Crippen molar-refractivity contribution >= 4 is 5.69 Å². The number of benzene rings is 1. The third-order valence-corrected chi connectivity index (χ3v) is 3.43. The molecule has 0 saturated heterocycles. The average molecular weight is 233 g/mol. The van der Waals surface area contributed by atoms with Crippen LogP contribution < -0.4 is 4.90 Å². The Morgan fingerprint density at radius 2 is 2.06 bits per heavy atom. The summed E-state index contributed by atoms with van der Waals surface area (Å²) in [6, 6.07) is 8.64. The summed E-state index contributed by atoms with van der Waals surface area (Å²) < 4.78 is 0. The molecular formula is C15H23NO. The molecule has 94 valence electrons. The highest BCUT2D eigenvalue weighted by molar-refractivity contribution is 5.55. The molecular weight excluding hydrogens is 210 g/mol. The van der Waals surface area contributed by atoms with E-state index in [2.05, 4.69) is 36.1 Å². The van der Waals surface area contributed by atoms with Gasteiger partial charge in [0.25, 0.3) is 0 Å². The molecule has 1 aromatic carbocycles. The first-order valence-electron chi connectivity index (χ1n) is 6.51. The maximum absolute atomic E-state index is 9.84. The summed E-state index contributed by atoms with van der Waals surface area (Å²) in [6.07, 6.45) is 1.99. The Kier molecular flexibility index (Phi) is 3.43. The third kappa shape index (κ3) is 3.22. The van der Waals surface area contributed by atoms with Crippen LogP contribution in [0.25, 0.3) is 0 Å². The maximum Gasteiger partial charge on any atom is 0.0608 e. The molecule has 0 fully saturated rings. The first-order chi connectivity index (χ1) is 7.96. The first kappa shape index (κ1) is 12.4. The van der Waals surface area contributed by atoms with Crippen molar-refractivity contribution in [3.05, 3.63) is 29.8 Å². The predicted octanol–water partition coefficient (Wildman–Crippen LogP) is 2.85. The van der Waals surface area contributed by atoms with Gasteiger partial charge >= 0.3 is 0 Å². The molecule has 1 N–H and O–H groups in total. The fourth-order valence-corrected chi connectivity index (χ4v) is 2.53. The number of aliphatic hydroxyl groups is 1. The quantitative estimate of drug-likeness (QED) is 0.867. The number of rotatable bonds is 3. The lowest BCUT2D eigenvalue weighted by molar-refractivity contribution is 0.0728. The molecule has 1 unspecified atom stereocenters. The van der Waals surface area contributed by atoms with Crippen LogP contribution in [-0.4, -0.2) is 23.8 Å². The van der Waals surface area contributed by atoms with Gasteiger partial charge in [-0.1, -0.05) is 25.1 Å². The van der Waals surface area contributed by atoms with Crippen molar-refractivity contribution in [3.63, 3.8) is 0 Å². The summed E-state index contributed by atoms with van der Waals surface area (Å²) in [5.41, 5.74) is 2.23. The highest BCUT2D eigenvalue weighted by Crippen LogP contribution is 2.29. The number of fused-ring (bicyclic) bond motifs is 1. The molecule has 0 radical (unpaired) electrons. The van der Waals surface area contributed by atoms with E-state index in [1.807, 2.05) is 13.8 Å². The van der Waals surface area contributed by atoms with Crippen LogP contribution in [-0.2, 0) is 6.42 Å². The Morgan fingerprint density at radius 3 is 2.76 bits per heavy atom. The van der Waals surface area contributed by atoms with Gasteiger partial charge in [-0.25, -0.2) is 0 Å². The Bertz CT molecular complexity index is 381. The molecule has 0 amide bonds. The second-order valence-electron chi connectivity index (χ2n) is 5.95. The van der Waals surface area contributed by atoms with E-state index in [4.69, 9.17) is 0 Å². The van der Waals surface area contributed by atoms with E-state index in [0.717, 1.165) is 19.5 Å². The minimum absolute atomic E-state index is 0.574. The molecule has 1 aliphatic heterocycles. The molecule has 0 aromatic heterocycles. The molecule has 1 atom stereocenters. The maximum atomic E-state index is 9.84. The summed E-state index contributed by atoms with van der Waals surface area (Å²) in [5.74, 6) is 0.701. The van der Waals surface area contributed by atoms with Crippen molar-refractivity contribution in [1.29, 1.82) is 0 Å². The Hall–Kier alpha value is -1.02. The Labute approximate surface area is 104 Å². The summed E-state index contributed by atoms with van der Waals surface area (Å²) in [6.45, 7) is 8.10. The number of nitrogens with zero attached hydrogens (tertiary/aromatic N) is 1. The molecule has 17 heavy (non-hydrogen) atoms. The molecule has 2 nitrogen and oxygen atoms in total. The molecule has 1 aromatic rings. The fraction of sp³-hybridized carbons (Fsp3) is 0.600. The predicted molar refractivity (Wildman–Crippen MR) is 72.4 cm³/mol. The van der Waals surface area contributed by atoms with E-state index in [-0.39, 0.29) is 0 Å². The van der Waals surface area contributed by atoms with Crippen LogP contribution in [0.5, 0.6) is 0 Å². The van der Waals surface area contributed by atoms with Crippen molar-refractivity contribution in [2.45, 2.75) is 39.2 Å². The zero-order valence-electron chi connectivity index (χ0n) is 11.1.